The summed E-state index contributed by atoms with van der Waals surface area (Å²) in [5, 5.41) is 10.6. The van der Waals surface area contributed by atoms with Crippen LogP contribution in [0.5, 0.6) is 0 Å². The molecule has 0 N–H and O–H groups in total. The van der Waals surface area contributed by atoms with Gasteiger partial charge in [0.05, 0.1) is 11.5 Å². The van der Waals surface area contributed by atoms with E-state index in [1.165, 1.54) is 16.8 Å². The number of nitro groups is 1. The Kier molecular flexibility index (Phi) is 3.75. The van der Waals surface area contributed by atoms with Gasteiger partial charge in [-0.15, -0.1) is 0 Å². The van der Waals surface area contributed by atoms with Crippen molar-refractivity contribution in [3.05, 3.63) is 72.9 Å². The van der Waals surface area contributed by atoms with Crippen molar-refractivity contribution in [1.29, 1.82) is 0 Å². The lowest BCUT2D eigenvalue weighted by molar-refractivity contribution is -0.385. The summed E-state index contributed by atoms with van der Waals surface area (Å²) >= 11 is 3.20. The Morgan fingerprint density at radius 2 is 2.05 bits per heavy atom. The fourth-order valence-electron chi connectivity index (χ4n) is 1.61. The Morgan fingerprint density at radius 3 is 2.74 bits per heavy atom. The molecule has 0 fully saturated rings. The molecule has 0 saturated heterocycles. The van der Waals surface area contributed by atoms with Gasteiger partial charge >= 0.3 is 0 Å². The van der Waals surface area contributed by atoms with Crippen LogP contribution in [0.1, 0.15) is 5.56 Å². The van der Waals surface area contributed by atoms with Gasteiger partial charge in [0, 0.05) is 34.4 Å². The minimum absolute atomic E-state index is 0.0637. The zero-order valence-corrected chi connectivity index (χ0v) is 11.1. The van der Waals surface area contributed by atoms with Gasteiger partial charge < -0.3 is 4.57 Å². The fraction of sp³-hybridized carbons (Fsp3) is 0.0833. The van der Waals surface area contributed by atoms with Crippen LogP contribution in [0, 0.1) is 15.9 Å². The van der Waals surface area contributed by atoms with Gasteiger partial charge in [0.2, 0.25) is 0 Å². The van der Waals surface area contributed by atoms with Gasteiger partial charge in [-0.2, -0.15) is 0 Å². The van der Waals surface area contributed by atoms with Gasteiger partial charge in [-0.25, -0.2) is 4.39 Å². The van der Waals surface area contributed by atoms with Gasteiger partial charge in [0.1, 0.15) is 5.82 Å². The fourth-order valence-corrected chi connectivity index (χ4v) is 1.98. The molecular weight excluding hydrogens is 319 g/mol. The van der Waals surface area contributed by atoms with E-state index in [0.29, 0.717) is 4.47 Å². The number of halogens is 2. The van der Waals surface area contributed by atoms with Crippen LogP contribution < -0.4 is 5.56 Å². The Balaban J connectivity index is 2.43. The highest BCUT2D eigenvalue weighted by Crippen LogP contribution is 2.17. The Labute approximate surface area is 115 Å². The SMILES string of the molecule is O=c1ccc(Br)cn1Cc1cc([N+](=O)[O-])ccc1F. The molecule has 0 unspecified atom stereocenters. The second-order valence-corrected chi connectivity index (χ2v) is 4.76. The second-order valence-electron chi connectivity index (χ2n) is 3.85. The van der Waals surface area contributed by atoms with Crippen molar-refractivity contribution in [2.24, 2.45) is 0 Å². The average Bonchev–Trinajstić information content (AvgIpc) is 2.36. The van der Waals surface area contributed by atoms with Gasteiger partial charge in [0.15, 0.2) is 0 Å². The minimum Gasteiger partial charge on any atom is -0.310 e. The molecule has 2 rings (SSSR count). The number of hydrogen-bond acceptors (Lipinski definition) is 3. The first-order chi connectivity index (χ1) is 8.97. The first-order valence-corrected chi connectivity index (χ1v) is 6.05. The zero-order chi connectivity index (χ0) is 14.0. The molecule has 1 heterocycles. The van der Waals surface area contributed by atoms with Gasteiger partial charge in [-0.1, -0.05) is 0 Å². The van der Waals surface area contributed by atoms with Crippen molar-refractivity contribution < 1.29 is 9.31 Å². The summed E-state index contributed by atoms with van der Waals surface area (Å²) in [5.41, 5.74) is -0.428. The van der Waals surface area contributed by atoms with E-state index in [9.17, 15) is 19.3 Å². The van der Waals surface area contributed by atoms with Crippen molar-refractivity contribution >= 4 is 21.6 Å². The van der Waals surface area contributed by atoms with E-state index in [4.69, 9.17) is 0 Å². The summed E-state index contributed by atoms with van der Waals surface area (Å²) in [5.74, 6) is -0.586. The molecule has 19 heavy (non-hydrogen) atoms. The van der Waals surface area contributed by atoms with Crippen LogP contribution in [-0.4, -0.2) is 9.49 Å². The summed E-state index contributed by atoms with van der Waals surface area (Å²) < 4.78 is 15.5. The van der Waals surface area contributed by atoms with E-state index in [0.717, 1.165) is 18.2 Å². The third kappa shape index (κ3) is 3.05. The molecule has 0 amide bonds. The summed E-state index contributed by atoms with van der Waals surface area (Å²) in [7, 11) is 0. The molecule has 0 saturated carbocycles. The number of nitrogens with zero attached hydrogens (tertiary/aromatic N) is 2. The van der Waals surface area contributed by atoms with Crippen LogP contribution in [-0.2, 0) is 6.54 Å². The van der Waals surface area contributed by atoms with Crippen molar-refractivity contribution in [2.75, 3.05) is 0 Å². The lowest BCUT2D eigenvalue weighted by Crippen LogP contribution is -2.19. The first kappa shape index (κ1) is 13.4. The predicted molar refractivity (Wildman–Crippen MR) is 70.6 cm³/mol. The third-order valence-electron chi connectivity index (χ3n) is 2.53. The van der Waals surface area contributed by atoms with Crippen LogP contribution in [0.2, 0.25) is 0 Å². The standard InChI is InChI=1S/C12H8BrFN2O3/c13-9-1-4-12(17)15(7-9)6-8-5-10(16(18)19)2-3-11(8)14/h1-5,7H,6H2. The predicted octanol–water partition coefficient (Wildman–Crippen LogP) is 2.71. The topological polar surface area (TPSA) is 65.1 Å². The molecule has 0 spiro atoms. The van der Waals surface area contributed by atoms with Crippen molar-refractivity contribution in [3.8, 4) is 0 Å². The molecular formula is C12H8BrFN2O3. The quantitative estimate of drug-likeness (QED) is 0.643. The largest absolute Gasteiger partial charge is 0.310 e. The zero-order valence-electron chi connectivity index (χ0n) is 9.55. The Morgan fingerprint density at radius 1 is 1.32 bits per heavy atom. The van der Waals surface area contributed by atoms with E-state index in [2.05, 4.69) is 15.9 Å². The maximum absolute atomic E-state index is 13.6. The maximum Gasteiger partial charge on any atom is 0.269 e. The van der Waals surface area contributed by atoms with Crippen LogP contribution in [0.25, 0.3) is 0 Å². The Hall–Kier alpha value is -2.02. The molecule has 0 radical (unpaired) electrons. The summed E-state index contributed by atoms with van der Waals surface area (Å²) in [4.78, 5) is 21.6. The summed E-state index contributed by atoms with van der Waals surface area (Å²) in [6, 6.07) is 6.14. The lowest BCUT2D eigenvalue weighted by atomic mass is 10.2. The highest BCUT2D eigenvalue weighted by atomic mass is 79.9. The van der Waals surface area contributed by atoms with Crippen molar-refractivity contribution in [3.63, 3.8) is 0 Å². The van der Waals surface area contributed by atoms with Crippen LogP contribution in [0.3, 0.4) is 0 Å². The molecule has 0 aliphatic carbocycles. The number of rotatable bonds is 3. The van der Waals surface area contributed by atoms with Gasteiger partial charge in [-0.05, 0) is 28.1 Å². The average molecular weight is 327 g/mol. The molecule has 5 nitrogen and oxygen atoms in total. The number of benzene rings is 1. The number of nitro benzene ring substituents is 1. The van der Waals surface area contributed by atoms with Gasteiger partial charge in [-0.3, -0.25) is 14.9 Å². The number of pyridine rings is 1. The molecule has 0 aliphatic heterocycles. The van der Waals surface area contributed by atoms with Gasteiger partial charge in [0.25, 0.3) is 11.2 Å². The molecule has 0 atom stereocenters. The molecule has 0 aliphatic rings. The number of hydrogen-bond donors (Lipinski definition) is 0. The highest BCUT2D eigenvalue weighted by Gasteiger charge is 2.11. The lowest BCUT2D eigenvalue weighted by Gasteiger charge is -2.07. The first-order valence-electron chi connectivity index (χ1n) is 5.26. The highest BCUT2D eigenvalue weighted by molar-refractivity contribution is 9.10. The normalized spacial score (nSPS) is 10.4. The third-order valence-corrected chi connectivity index (χ3v) is 3.00. The van der Waals surface area contributed by atoms with E-state index >= 15 is 0 Å². The number of aromatic nitrogens is 1. The van der Waals surface area contributed by atoms with Crippen LogP contribution in [0.15, 0.2) is 45.8 Å². The summed E-state index contributed by atoms with van der Waals surface area (Å²) in [6.45, 7) is -0.0637. The molecule has 98 valence electrons. The second kappa shape index (κ2) is 5.31. The van der Waals surface area contributed by atoms with Crippen molar-refractivity contribution in [1.82, 2.24) is 4.57 Å². The summed E-state index contributed by atoms with van der Waals surface area (Å²) in [6.07, 6.45) is 1.50. The van der Waals surface area contributed by atoms with E-state index in [1.54, 1.807) is 6.07 Å². The van der Waals surface area contributed by atoms with E-state index < -0.39 is 10.7 Å². The minimum atomic E-state index is -0.605. The van der Waals surface area contributed by atoms with E-state index in [-0.39, 0.29) is 23.4 Å². The van der Waals surface area contributed by atoms with Crippen LogP contribution in [0.4, 0.5) is 10.1 Å². The maximum atomic E-state index is 13.6. The molecule has 7 heteroatoms. The molecule has 0 bridgehead atoms. The monoisotopic (exact) mass is 326 g/mol. The molecule has 1 aromatic heterocycles. The molecule has 2 aromatic rings. The number of non-ortho nitro benzene ring substituents is 1. The Bertz CT molecular complexity index is 700. The van der Waals surface area contributed by atoms with Crippen LogP contribution >= 0.6 is 15.9 Å². The molecule has 1 aromatic carbocycles. The van der Waals surface area contributed by atoms with Crippen molar-refractivity contribution in [2.45, 2.75) is 6.54 Å². The van der Waals surface area contributed by atoms with E-state index in [1.807, 2.05) is 0 Å². The smallest absolute Gasteiger partial charge is 0.269 e.